The largest absolute Gasteiger partial charge is 0.478 e. The highest BCUT2D eigenvalue weighted by Crippen LogP contribution is 2.25. The van der Waals surface area contributed by atoms with E-state index in [1.807, 2.05) is 0 Å². The van der Waals surface area contributed by atoms with Gasteiger partial charge in [-0.2, -0.15) is 0 Å². The summed E-state index contributed by atoms with van der Waals surface area (Å²) in [6.07, 6.45) is 3.43. The van der Waals surface area contributed by atoms with Gasteiger partial charge in [0, 0.05) is 6.04 Å². The molecular formula is C14H17FN2O3. The van der Waals surface area contributed by atoms with Gasteiger partial charge >= 0.3 is 5.97 Å². The van der Waals surface area contributed by atoms with Crippen molar-refractivity contribution in [3.05, 3.63) is 29.6 Å². The Balaban J connectivity index is 2.09. The summed E-state index contributed by atoms with van der Waals surface area (Å²) in [6.45, 7) is 0. The first-order valence-corrected chi connectivity index (χ1v) is 6.58. The Hall–Kier alpha value is -1.95. The van der Waals surface area contributed by atoms with Gasteiger partial charge in [0.2, 0.25) is 5.91 Å². The molecule has 20 heavy (non-hydrogen) atoms. The smallest absolute Gasteiger partial charge is 0.335 e. The van der Waals surface area contributed by atoms with E-state index in [0.717, 1.165) is 25.3 Å². The van der Waals surface area contributed by atoms with Crippen LogP contribution >= 0.6 is 0 Å². The van der Waals surface area contributed by atoms with E-state index in [0.29, 0.717) is 6.42 Å². The number of halogens is 1. The second kappa shape index (κ2) is 6.00. The molecule has 1 amide bonds. The minimum Gasteiger partial charge on any atom is -0.478 e. The molecule has 4 N–H and O–H groups in total. The fourth-order valence-electron chi connectivity index (χ4n) is 2.46. The molecule has 1 aliphatic rings. The van der Waals surface area contributed by atoms with Crippen LogP contribution in [0, 0.1) is 11.7 Å². The molecular weight excluding hydrogens is 263 g/mol. The van der Waals surface area contributed by atoms with Crippen molar-refractivity contribution in [2.24, 2.45) is 11.7 Å². The molecule has 0 aromatic heterocycles. The SMILES string of the molecule is NC1CCCCC1C(=O)Nc1ccc(C(=O)O)cc1F. The Bertz CT molecular complexity index is 533. The fourth-order valence-corrected chi connectivity index (χ4v) is 2.46. The maximum absolute atomic E-state index is 13.7. The van der Waals surface area contributed by atoms with Crippen LogP contribution in [0.15, 0.2) is 18.2 Å². The van der Waals surface area contributed by atoms with Crippen molar-refractivity contribution in [3.8, 4) is 0 Å². The molecule has 1 aliphatic carbocycles. The molecule has 0 radical (unpaired) electrons. The summed E-state index contributed by atoms with van der Waals surface area (Å²) in [5.41, 5.74) is 5.73. The zero-order valence-corrected chi connectivity index (χ0v) is 10.9. The first-order valence-electron chi connectivity index (χ1n) is 6.58. The lowest BCUT2D eigenvalue weighted by molar-refractivity contribution is -0.121. The highest BCUT2D eigenvalue weighted by atomic mass is 19.1. The summed E-state index contributed by atoms with van der Waals surface area (Å²) >= 11 is 0. The molecule has 0 saturated heterocycles. The van der Waals surface area contributed by atoms with Gasteiger partial charge in [0.05, 0.1) is 17.2 Å². The molecule has 108 valence electrons. The molecule has 1 aromatic carbocycles. The monoisotopic (exact) mass is 280 g/mol. The minimum atomic E-state index is -1.21. The highest BCUT2D eigenvalue weighted by molar-refractivity contribution is 5.94. The van der Waals surface area contributed by atoms with Crippen molar-refractivity contribution in [2.75, 3.05) is 5.32 Å². The van der Waals surface area contributed by atoms with E-state index in [2.05, 4.69) is 5.32 Å². The molecule has 0 spiro atoms. The van der Waals surface area contributed by atoms with Gasteiger partial charge in [-0.05, 0) is 31.0 Å². The van der Waals surface area contributed by atoms with E-state index in [1.54, 1.807) is 0 Å². The van der Waals surface area contributed by atoms with Crippen LogP contribution in [0.25, 0.3) is 0 Å². The number of anilines is 1. The predicted molar refractivity (Wildman–Crippen MR) is 71.9 cm³/mol. The summed E-state index contributed by atoms with van der Waals surface area (Å²) in [4.78, 5) is 22.8. The van der Waals surface area contributed by atoms with Crippen LogP contribution in [0.4, 0.5) is 10.1 Å². The van der Waals surface area contributed by atoms with Crippen molar-refractivity contribution >= 4 is 17.6 Å². The minimum absolute atomic E-state index is 0.0160. The molecule has 0 heterocycles. The predicted octanol–water partition coefficient (Wildman–Crippen LogP) is 1.98. The Morgan fingerprint density at radius 3 is 2.60 bits per heavy atom. The number of aromatic carboxylic acids is 1. The molecule has 2 rings (SSSR count). The van der Waals surface area contributed by atoms with E-state index < -0.39 is 11.8 Å². The summed E-state index contributed by atoms with van der Waals surface area (Å²) in [6, 6.07) is 3.19. The average Bonchev–Trinajstić information content (AvgIpc) is 2.41. The summed E-state index contributed by atoms with van der Waals surface area (Å²) in [7, 11) is 0. The Labute approximate surface area is 116 Å². The van der Waals surface area contributed by atoms with Crippen molar-refractivity contribution in [1.82, 2.24) is 0 Å². The third-order valence-corrected chi connectivity index (χ3v) is 3.63. The van der Waals surface area contributed by atoms with Crippen LogP contribution in [0.1, 0.15) is 36.0 Å². The first-order chi connectivity index (χ1) is 9.49. The summed E-state index contributed by atoms with van der Waals surface area (Å²) in [5.74, 6) is -2.60. The van der Waals surface area contributed by atoms with Crippen LogP contribution in [0.2, 0.25) is 0 Å². The third kappa shape index (κ3) is 3.14. The van der Waals surface area contributed by atoms with Gasteiger partial charge in [-0.15, -0.1) is 0 Å². The van der Waals surface area contributed by atoms with Gasteiger partial charge in [0.25, 0.3) is 0 Å². The number of hydrogen-bond donors (Lipinski definition) is 3. The maximum Gasteiger partial charge on any atom is 0.335 e. The van der Waals surface area contributed by atoms with E-state index in [1.165, 1.54) is 12.1 Å². The number of carboxylic acids is 1. The number of carbonyl (C=O) groups is 2. The third-order valence-electron chi connectivity index (χ3n) is 3.63. The standard InChI is InChI=1S/C14H17FN2O3/c15-10-7-8(14(19)20)5-6-12(10)17-13(18)9-3-1-2-4-11(9)16/h5-7,9,11H,1-4,16H2,(H,17,18)(H,19,20). The molecule has 1 saturated carbocycles. The Morgan fingerprint density at radius 2 is 2.00 bits per heavy atom. The number of rotatable bonds is 3. The number of amides is 1. The average molecular weight is 280 g/mol. The Kier molecular flexibility index (Phi) is 4.34. The maximum atomic E-state index is 13.7. The molecule has 5 nitrogen and oxygen atoms in total. The second-order valence-corrected chi connectivity index (χ2v) is 5.04. The van der Waals surface area contributed by atoms with Gasteiger partial charge in [-0.3, -0.25) is 4.79 Å². The first kappa shape index (κ1) is 14.5. The van der Waals surface area contributed by atoms with Crippen LogP contribution in [-0.4, -0.2) is 23.0 Å². The van der Waals surface area contributed by atoms with Crippen LogP contribution in [-0.2, 0) is 4.79 Å². The fraction of sp³-hybridized carbons (Fsp3) is 0.429. The zero-order valence-electron chi connectivity index (χ0n) is 10.9. The number of carboxylic acid groups (broad SMARTS) is 1. The number of benzene rings is 1. The van der Waals surface area contributed by atoms with Crippen molar-refractivity contribution in [3.63, 3.8) is 0 Å². The lowest BCUT2D eigenvalue weighted by atomic mass is 9.84. The number of hydrogen-bond acceptors (Lipinski definition) is 3. The normalized spacial score (nSPS) is 22.3. The topological polar surface area (TPSA) is 92.4 Å². The summed E-state index contributed by atoms with van der Waals surface area (Å²) in [5, 5.41) is 11.2. The lowest BCUT2D eigenvalue weighted by Gasteiger charge is -2.27. The number of nitrogens with two attached hydrogens (primary N) is 1. The van der Waals surface area contributed by atoms with Gasteiger partial charge in [0.15, 0.2) is 0 Å². The molecule has 0 bridgehead atoms. The van der Waals surface area contributed by atoms with Crippen molar-refractivity contribution in [2.45, 2.75) is 31.7 Å². The van der Waals surface area contributed by atoms with E-state index in [-0.39, 0.29) is 29.1 Å². The van der Waals surface area contributed by atoms with Gasteiger partial charge in [0.1, 0.15) is 5.82 Å². The van der Waals surface area contributed by atoms with E-state index in [9.17, 15) is 14.0 Å². The van der Waals surface area contributed by atoms with Crippen molar-refractivity contribution < 1.29 is 19.1 Å². The highest BCUT2D eigenvalue weighted by Gasteiger charge is 2.28. The molecule has 2 atom stereocenters. The van der Waals surface area contributed by atoms with Crippen molar-refractivity contribution in [1.29, 1.82) is 0 Å². The van der Waals surface area contributed by atoms with Gasteiger partial charge in [-0.25, -0.2) is 9.18 Å². The van der Waals surface area contributed by atoms with E-state index >= 15 is 0 Å². The summed E-state index contributed by atoms with van der Waals surface area (Å²) < 4.78 is 13.7. The molecule has 1 aromatic rings. The quantitative estimate of drug-likeness (QED) is 0.789. The molecule has 1 fully saturated rings. The van der Waals surface area contributed by atoms with Gasteiger partial charge in [-0.1, -0.05) is 12.8 Å². The molecule has 0 aliphatic heterocycles. The van der Waals surface area contributed by atoms with Crippen LogP contribution in [0.5, 0.6) is 0 Å². The van der Waals surface area contributed by atoms with Gasteiger partial charge < -0.3 is 16.2 Å². The number of carbonyl (C=O) groups excluding carboxylic acids is 1. The van der Waals surface area contributed by atoms with Crippen LogP contribution in [0.3, 0.4) is 0 Å². The van der Waals surface area contributed by atoms with Crippen LogP contribution < -0.4 is 11.1 Å². The lowest BCUT2D eigenvalue weighted by Crippen LogP contribution is -2.40. The zero-order chi connectivity index (χ0) is 14.7. The van der Waals surface area contributed by atoms with E-state index in [4.69, 9.17) is 10.8 Å². The second-order valence-electron chi connectivity index (χ2n) is 5.04. The molecule has 6 heteroatoms. The Morgan fingerprint density at radius 1 is 1.30 bits per heavy atom. The molecule has 2 unspecified atom stereocenters. The number of nitrogens with one attached hydrogen (secondary N) is 1.